The van der Waals surface area contributed by atoms with Crippen molar-refractivity contribution in [3.8, 4) is 10.6 Å². The van der Waals surface area contributed by atoms with Crippen molar-refractivity contribution in [1.29, 1.82) is 0 Å². The highest BCUT2D eigenvalue weighted by Gasteiger charge is 2.37. The van der Waals surface area contributed by atoms with Crippen LogP contribution in [0.4, 0.5) is 0 Å². The van der Waals surface area contributed by atoms with Crippen LogP contribution >= 0.6 is 11.3 Å². The monoisotopic (exact) mass is 437 g/mol. The molecule has 0 atom stereocenters. The van der Waals surface area contributed by atoms with Crippen molar-refractivity contribution < 1.29 is 9.90 Å². The van der Waals surface area contributed by atoms with Gasteiger partial charge in [0.25, 0.3) is 5.91 Å². The highest BCUT2D eigenvalue weighted by Crippen LogP contribution is 2.39. The Morgan fingerprint density at radius 3 is 2.94 bits per heavy atom. The van der Waals surface area contributed by atoms with E-state index in [0.717, 1.165) is 5.56 Å². The summed E-state index contributed by atoms with van der Waals surface area (Å²) in [7, 11) is 0. The summed E-state index contributed by atoms with van der Waals surface area (Å²) in [6, 6.07) is 5.40. The summed E-state index contributed by atoms with van der Waals surface area (Å²) >= 11 is 1.36. The molecular formula is C21H23N7O2S. The standard InChI is InChI=1S/C21H23N7O2S/c1-21(30)8-13(9-21)5-6-16(18(28-22)15-4-2-3-7-23-15)26-19(29)17-12-31-20(27-17)14-10-24-25-11-14/h2-4,6-7,10-13,30H,5,8-9,22H2,1H3,(H,24,25)(H,26,29)/b16-6+,28-18-/t13-,21-. The number of nitrogens with two attached hydrogens (primary N) is 1. The molecule has 3 aromatic rings. The number of nitrogens with zero attached hydrogens (tertiary/aromatic N) is 4. The third-order valence-corrected chi connectivity index (χ3v) is 6.03. The molecule has 0 spiro atoms. The summed E-state index contributed by atoms with van der Waals surface area (Å²) in [6.07, 6.45) is 9.00. The second kappa shape index (κ2) is 8.78. The third-order valence-electron chi connectivity index (χ3n) is 5.13. The zero-order chi connectivity index (χ0) is 21.8. The minimum atomic E-state index is -0.613. The van der Waals surface area contributed by atoms with Crippen molar-refractivity contribution in [2.75, 3.05) is 0 Å². The molecule has 0 saturated heterocycles. The first-order valence-electron chi connectivity index (χ1n) is 9.83. The van der Waals surface area contributed by atoms with Crippen molar-refractivity contribution in [2.24, 2.45) is 16.9 Å². The summed E-state index contributed by atoms with van der Waals surface area (Å²) < 4.78 is 0. The lowest BCUT2D eigenvalue weighted by Crippen LogP contribution is -2.40. The number of hydrazone groups is 1. The molecule has 0 unspecified atom stereocenters. The molecule has 0 aliphatic heterocycles. The van der Waals surface area contributed by atoms with Gasteiger partial charge in [-0.25, -0.2) is 4.98 Å². The molecule has 1 aliphatic carbocycles. The number of amides is 1. The molecule has 0 radical (unpaired) electrons. The lowest BCUT2D eigenvalue weighted by atomic mass is 9.70. The maximum atomic E-state index is 12.9. The lowest BCUT2D eigenvalue weighted by molar-refractivity contribution is -0.0557. The van der Waals surface area contributed by atoms with Gasteiger partial charge >= 0.3 is 0 Å². The van der Waals surface area contributed by atoms with E-state index in [4.69, 9.17) is 5.84 Å². The van der Waals surface area contributed by atoms with Crippen LogP contribution < -0.4 is 11.2 Å². The molecule has 0 bridgehead atoms. The first-order valence-corrected chi connectivity index (χ1v) is 10.7. The van der Waals surface area contributed by atoms with Crippen LogP contribution in [-0.2, 0) is 0 Å². The predicted molar refractivity (Wildman–Crippen MR) is 118 cm³/mol. The molecule has 1 saturated carbocycles. The molecule has 31 heavy (non-hydrogen) atoms. The van der Waals surface area contributed by atoms with Crippen LogP contribution in [0.15, 0.2) is 59.0 Å². The Morgan fingerprint density at radius 2 is 2.29 bits per heavy atom. The zero-order valence-corrected chi connectivity index (χ0v) is 17.8. The molecule has 1 aliphatic rings. The Morgan fingerprint density at radius 1 is 1.45 bits per heavy atom. The lowest BCUT2D eigenvalue weighted by Gasteiger charge is -2.40. The number of pyridine rings is 1. The Labute approximate surface area is 183 Å². The first kappa shape index (κ1) is 20.9. The van der Waals surface area contributed by atoms with Gasteiger partial charge in [-0.1, -0.05) is 12.1 Å². The molecule has 4 rings (SSSR count). The Bertz CT molecular complexity index is 1100. The molecular weight excluding hydrogens is 414 g/mol. The van der Waals surface area contributed by atoms with Gasteiger partial charge in [-0.2, -0.15) is 10.2 Å². The number of rotatable bonds is 7. The number of thiazole rings is 1. The fraction of sp³-hybridized carbons (Fsp3) is 0.286. The van der Waals surface area contributed by atoms with Gasteiger partial charge in [0.05, 0.1) is 23.2 Å². The van der Waals surface area contributed by atoms with E-state index < -0.39 is 5.60 Å². The zero-order valence-electron chi connectivity index (χ0n) is 16.9. The number of aliphatic hydroxyl groups is 1. The smallest absolute Gasteiger partial charge is 0.275 e. The maximum absolute atomic E-state index is 12.9. The highest BCUT2D eigenvalue weighted by atomic mass is 32.1. The summed E-state index contributed by atoms with van der Waals surface area (Å²) in [6.45, 7) is 1.83. The van der Waals surface area contributed by atoms with E-state index >= 15 is 0 Å². The van der Waals surface area contributed by atoms with Crippen LogP contribution in [0.1, 0.15) is 42.4 Å². The van der Waals surface area contributed by atoms with Gasteiger partial charge in [0.15, 0.2) is 0 Å². The van der Waals surface area contributed by atoms with E-state index in [1.165, 1.54) is 11.3 Å². The normalized spacial score (nSPS) is 21.5. The quantitative estimate of drug-likeness (QED) is 0.254. The van der Waals surface area contributed by atoms with Crippen molar-refractivity contribution in [2.45, 2.75) is 31.8 Å². The molecule has 10 heteroatoms. The minimum absolute atomic E-state index is 0.288. The number of carbonyl (C=O) groups is 1. The molecule has 9 nitrogen and oxygen atoms in total. The predicted octanol–water partition coefficient (Wildman–Crippen LogP) is 2.46. The SMILES string of the molecule is C[C@]1(O)C[C@H](C/C=C(NC(=O)c2csc(-c3cn[nH]c3)n2)\C(=N/N)c2ccccn2)C1. The van der Waals surface area contributed by atoms with E-state index in [1.54, 1.807) is 36.1 Å². The fourth-order valence-electron chi connectivity index (χ4n) is 3.68. The van der Waals surface area contributed by atoms with E-state index in [1.807, 2.05) is 19.1 Å². The van der Waals surface area contributed by atoms with E-state index in [9.17, 15) is 9.90 Å². The number of nitrogens with one attached hydrogen (secondary N) is 2. The summed E-state index contributed by atoms with van der Waals surface area (Å²) in [5.74, 6) is 5.64. The number of aromatic nitrogens is 4. The van der Waals surface area contributed by atoms with Crippen LogP contribution in [0.2, 0.25) is 0 Å². The average molecular weight is 438 g/mol. The number of H-pyrrole nitrogens is 1. The van der Waals surface area contributed by atoms with Crippen molar-refractivity contribution in [3.63, 3.8) is 0 Å². The van der Waals surface area contributed by atoms with E-state index in [-0.39, 0.29) is 11.6 Å². The molecule has 1 fully saturated rings. The highest BCUT2D eigenvalue weighted by molar-refractivity contribution is 7.13. The van der Waals surface area contributed by atoms with Gasteiger partial charge < -0.3 is 16.3 Å². The molecule has 0 aromatic carbocycles. The average Bonchev–Trinajstić information content (AvgIpc) is 3.43. The topological polar surface area (TPSA) is 142 Å². The van der Waals surface area contributed by atoms with Gasteiger partial charge in [-0.05, 0) is 44.2 Å². The third kappa shape index (κ3) is 4.86. The summed E-state index contributed by atoms with van der Waals surface area (Å²) in [5.41, 5.74) is 1.89. The van der Waals surface area contributed by atoms with Gasteiger partial charge in [0, 0.05) is 23.3 Å². The molecule has 5 N–H and O–H groups in total. The van der Waals surface area contributed by atoms with E-state index in [2.05, 4.69) is 30.6 Å². The number of hydrogen-bond donors (Lipinski definition) is 4. The van der Waals surface area contributed by atoms with Crippen LogP contribution in [0.25, 0.3) is 10.6 Å². The number of allylic oxidation sites excluding steroid dienone is 2. The first-order chi connectivity index (χ1) is 14.9. The Kier molecular flexibility index (Phi) is 5.92. The van der Waals surface area contributed by atoms with Crippen LogP contribution in [-0.4, -0.2) is 42.5 Å². The molecule has 3 heterocycles. The van der Waals surface area contributed by atoms with Gasteiger partial charge in [0.1, 0.15) is 16.4 Å². The van der Waals surface area contributed by atoms with Gasteiger partial charge in [-0.15, -0.1) is 11.3 Å². The largest absolute Gasteiger partial charge is 0.390 e. The second-order valence-electron chi connectivity index (χ2n) is 7.80. The number of aromatic amines is 1. The molecule has 3 aromatic heterocycles. The second-order valence-corrected chi connectivity index (χ2v) is 8.65. The molecule has 1 amide bonds. The fourth-order valence-corrected chi connectivity index (χ4v) is 4.47. The van der Waals surface area contributed by atoms with Gasteiger partial charge in [-0.3, -0.25) is 14.9 Å². The number of carbonyl (C=O) groups excluding carboxylic acids is 1. The minimum Gasteiger partial charge on any atom is -0.390 e. The summed E-state index contributed by atoms with van der Waals surface area (Å²) in [4.78, 5) is 21.6. The van der Waals surface area contributed by atoms with Gasteiger partial charge in [0.2, 0.25) is 0 Å². The van der Waals surface area contributed by atoms with Crippen molar-refractivity contribution >= 4 is 23.0 Å². The van der Waals surface area contributed by atoms with Crippen LogP contribution in [0, 0.1) is 5.92 Å². The summed E-state index contributed by atoms with van der Waals surface area (Å²) in [5, 5.41) is 25.8. The van der Waals surface area contributed by atoms with E-state index in [0.29, 0.717) is 47.3 Å². The van der Waals surface area contributed by atoms with Crippen LogP contribution in [0.3, 0.4) is 0 Å². The Hall–Kier alpha value is -3.37. The Balaban J connectivity index is 1.56. The van der Waals surface area contributed by atoms with Crippen molar-refractivity contribution in [3.05, 3.63) is 65.3 Å². The number of hydrogen-bond acceptors (Lipinski definition) is 8. The maximum Gasteiger partial charge on any atom is 0.275 e. The van der Waals surface area contributed by atoms with Crippen LogP contribution in [0.5, 0.6) is 0 Å². The molecule has 160 valence electrons. The van der Waals surface area contributed by atoms with Crippen molar-refractivity contribution in [1.82, 2.24) is 25.5 Å².